The van der Waals surface area contributed by atoms with Gasteiger partial charge in [-0.3, -0.25) is 0 Å². The molecule has 5 heteroatoms. The summed E-state index contributed by atoms with van der Waals surface area (Å²) in [5.74, 6) is 1.42. The maximum Gasteiger partial charge on any atom is 3.00 e. The molecule has 2 aromatic carbocycles. The van der Waals surface area contributed by atoms with Gasteiger partial charge in [-0.05, 0) is 0 Å². The van der Waals surface area contributed by atoms with Crippen LogP contribution in [-0.4, -0.2) is 14.5 Å². The first-order valence-electron chi connectivity index (χ1n) is 7.07. The van der Waals surface area contributed by atoms with E-state index in [-0.39, 0.29) is 46.5 Å². The van der Waals surface area contributed by atoms with Crippen LogP contribution in [0.5, 0.6) is 0 Å². The standard InChI is InChI=1S/C9H7.C4H4N.C4H9.C2H6Si.2ClH.Ti/c1-2-5-9-7-3-6-8(9)4-1;1-2-4-5-3-1;1-4(2)3;1-3-2;;;/h1-7H;1-3,5H;1-3H3;1-2H3;2*1H;/q3*-1;;;;+3. The van der Waals surface area contributed by atoms with Crippen LogP contribution in [0.1, 0.15) is 20.8 Å². The summed E-state index contributed by atoms with van der Waals surface area (Å²) < 4.78 is 0. The Morgan fingerprint density at radius 1 is 1.00 bits per heavy atom. The molecule has 0 aliphatic rings. The van der Waals surface area contributed by atoms with E-state index >= 15 is 0 Å². The average molecular weight is 417 g/mol. The van der Waals surface area contributed by atoms with Crippen molar-refractivity contribution < 1.29 is 21.7 Å². The second kappa shape index (κ2) is 22.6. The van der Waals surface area contributed by atoms with Gasteiger partial charge in [-0.1, -0.05) is 19.2 Å². The van der Waals surface area contributed by atoms with Crippen molar-refractivity contribution in [3.63, 3.8) is 0 Å². The Morgan fingerprint density at radius 3 is 1.92 bits per heavy atom. The van der Waals surface area contributed by atoms with Gasteiger partial charge >= 0.3 is 21.7 Å². The summed E-state index contributed by atoms with van der Waals surface area (Å²) in [5, 5.41) is 2.66. The van der Waals surface area contributed by atoms with Crippen LogP contribution in [0.2, 0.25) is 13.1 Å². The number of hydrogen-bond donors (Lipinski definition) is 1. The first-order valence-corrected chi connectivity index (χ1v) is 9.07. The molecular formula is C19H28Cl2NSiTi. The first kappa shape index (κ1) is 31.4. The molecule has 0 fully saturated rings. The molecule has 3 radical (unpaired) electrons. The van der Waals surface area contributed by atoms with E-state index < -0.39 is 0 Å². The van der Waals surface area contributed by atoms with Gasteiger partial charge in [0, 0.05) is 9.52 Å². The van der Waals surface area contributed by atoms with Crippen molar-refractivity contribution in [3.05, 3.63) is 72.9 Å². The monoisotopic (exact) mass is 416 g/mol. The molecule has 1 heterocycles. The van der Waals surface area contributed by atoms with Crippen LogP contribution < -0.4 is 0 Å². The van der Waals surface area contributed by atoms with E-state index in [9.17, 15) is 0 Å². The molecule has 0 spiro atoms. The van der Waals surface area contributed by atoms with Crippen molar-refractivity contribution in [1.82, 2.24) is 4.98 Å². The fraction of sp³-hybridized carbons (Fsp3) is 0.263. The van der Waals surface area contributed by atoms with Crippen molar-refractivity contribution in [3.8, 4) is 0 Å². The Morgan fingerprint density at radius 2 is 1.54 bits per heavy atom. The summed E-state index contributed by atoms with van der Waals surface area (Å²) in [5.41, 5.74) is 0. The van der Waals surface area contributed by atoms with Gasteiger partial charge in [-0.2, -0.15) is 56.6 Å². The quantitative estimate of drug-likeness (QED) is 0.313. The maximum absolute atomic E-state index is 2.74. The number of rotatable bonds is 0. The second-order valence-corrected chi connectivity index (χ2v) is 5.97. The number of aromatic nitrogens is 1. The molecule has 0 saturated heterocycles. The predicted octanol–water partition coefficient (Wildman–Crippen LogP) is 6.62. The second-order valence-electron chi connectivity index (χ2n) is 4.97. The largest absolute Gasteiger partial charge is 3.00 e. The van der Waals surface area contributed by atoms with E-state index in [1.54, 1.807) is 0 Å². The maximum atomic E-state index is 2.74. The van der Waals surface area contributed by atoms with Crippen molar-refractivity contribution in [2.75, 3.05) is 0 Å². The number of benzene rings is 1. The Labute approximate surface area is 177 Å². The molecule has 131 valence electrons. The molecule has 3 aromatic rings. The van der Waals surface area contributed by atoms with Gasteiger partial charge in [-0.25, -0.2) is 0 Å². The minimum Gasteiger partial charge on any atom is -0.484 e. The topological polar surface area (TPSA) is 15.8 Å². The zero-order chi connectivity index (χ0) is 15.9. The van der Waals surface area contributed by atoms with Crippen LogP contribution in [0.25, 0.3) is 10.8 Å². The predicted molar refractivity (Wildman–Crippen MR) is 111 cm³/mol. The summed E-state index contributed by atoms with van der Waals surface area (Å²) in [4.78, 5) is 2.74. The minimum atomic E-state index is 0. The van der Waals surface area contributed by atoms with E-state index in [1.807, 2.05) is 18.3 Å². The zero-order valence-electron chi connectivity index (χ0n) is 15.1. The summed E-state index contributed by atoms with van der Waals surface area (Å²) in [6, 6.07) is 18.4. The van der Waals surface area contributed by atoms with Gasteiger partial charge < -0.3 is 10.9 Å². The smallest absolute Gasteiger partial charge is 0.484 e. The Bertz CT molecular complexity index is 489. The molecule has 0 aliphatic carbocycles. The third-order valence-electron chi connectivity index (χ3n) is 1.99. The van der Waals surface area contributed by atoms with Crippen LogP contribution in [0.4, 0.5) is 0 Å². The molecule has 1 nitrogen and oxygen atoms in total. The van der Waals surface area contributed by atoms with Crippen molar-refractivity contribution in [2.24, 2.45) is 0 Å². The number of aromatic amines is 1. The molecule has 1 aromatic heterocycles. The minimum absolute atomic E-state index is 0. The summed E-state index contributed by atoms with van der Waals surface area (Å²) in [7, 11) is 1.08. The van der Waals surface area contributed by atoms with Gasteiger partial charge in [-0.15, -0.1) is 60.7 Å². The Balaban J connectivity index is -0.000000118. The molecule has 0 unspecified atom stereocenters. The van der Waals surface area contributed by atoms with E-state index in [0.29, 0.717) is 0 Å². The molecule has 0 saturated carbocycles. The number of hydrogen-bond acceptors (Lipinski definition) is 0. The van der Waals surface area contributed by atoms with Gasteiger partial charge in [0.25, 0.3) is 0 Å². The van der Waals surface area contributed by atoms with E-state index in [0.717, 1.165) is 9.52 Å². The van der Waals surface area contributed by atoms with Gasteiger partial charge in [0.2, 0.25) is 0 Å². The van der Waals surface area contributed by atoms with Gasteiger partial charge in [0.1, 0.15) is 0 Å². The number of fused-ring (bicyclic) bond motifs is 1. The van der Waals surface area contributed by atoms with Gasteiger partial charge in [0.05, 0.1) is 0 Å². The van der Waals surface area contributed by atoms with E-state index in [2.05, 4.69) is 87.5 Å². The third-order valence-corrected chi connectivity index (χ3v) is 1.99. The molecule has 0 amide bonds. The van der Waals surface area contributed by atoms with Crippen LogP contribution >= 0.6 is 24.8 Å². The van der Waals surface area contributed by atoms with Crippen LogP contribution in [0.3, 0.4) is 0 Å². The average Bonchev–Trinajstić information content (AvgIpc) is 3.14. The van der Waals surface area contributed by atoms with Crippen LogP contribution in [0.15, 0.2) is 60.8 Å². The third kappa shape index (κ3) is 19.7. The number of nitrogens with one attached hydrogen (secondary N) is 1. The van der Waals surface area contributed by atoms with Crippen molar-refractivity contribution >= 4 is 45.1 Å². The Hall–Kier alpha value is -0.379. The molecule has 24 heavy (non-hydrogen) atoms. The Kier molecular flexibility index (Phi) is 29.6. The number of halogens is 2. The number of H-pyrrole nitrogens is 1. The van der Waals surface area contributed by atoms with E-state index in [1.165, 1.54) is 16.7 Å². The van der Waals surface area contributed by atoms with Crippen molar-refractivity contribution in [2.45, 2.75) is 33.9 Å². The molecule has 3 rings (SSSR count). The summed E-state index contributed by atoms with van der Waals surface area (Å²) >= 11 is 0. The molecular weight excluding hydrogens is 389 g/mol. The normalized spacial score (nSPS) is 7.75. The van der Waals surface area contributed by atoms with Gasteiger partial charge in [0.15, 0.2) is 0 Å². The van der Waals surface area contributed by atoms with Crippen LogP contribution in [-0.2, 0) is 21.7 Å². The zero-order valence-corrected chi connectivity index (χ0v) is 19.3. The molecule has 0 bridgehead atoms. The molecule has 0 atom stereocenters. The first-order chi connectivity index (χ1) is 10.1. The molecule has 0 aliphatic heterocycles. The fourth-order valence-corrected chi connectivity index (χ4v) is 1.31. The van der Waals surface area contributed by atoms with Crippen LogP contribution in [0, 0.1) is 12.1 Å². The molecule has 1 N–H and O–H groups in total. The van der Waals surface area contributed by atoms with E-state index in [4.69, 9.17) is 0 Å². The summed E-state index contributed by atoms with van der Waals surface area (Å²) in [6.45, 7) is 10.6. The fourth-order valence-electron chi connectivity index (χ4n) is 1.31. The SMILES string of the molecule is C[C-](C)C.C[Si]C.Cl.Cl.[Ti+3].[c-]1ccc[nH]1.c1ccc2[cH-]ccc2c1. The summed E-state index contributed by atoms with van der Waals surface area (Å²) in [6.07, 6.45) is 4.56. The van der Waals surface area contributed by atoms with Crippen molar-refractivity contribution in [1.29, 1.82) is 0 Å².